The normalized spacial score (nSPS) is 25.2. The van der Waals surface area contributed by atoms with Gasteiger partial charge in [0.15, 0.2) is 0 Å². The summed E-state index contributed by atoms with van der Waals surface area (Å²) in [5, 5.41) is 1.32. The number of piperidine rings is 1. The first-order valence-electron chi connectivity index (χ1n) is 11.3. The third kappa shape index (κ3) is 3.12. The minimum Gasteiger partial charge on any atom is -0.497 e. The molecule has 2 aliphatic carbocycles. The predicted octanol–water partition coefficient (Wildman–Crippen LogP) is 5.23. The van der Waals surface area contributed by atoms with Gasteiger partial charge in [0.25, 0.3) is 0 Å². The summed E-state index contributed by atoms with van der Waals surface area (Å²) in [6, 6.07) is 15.1. The van der Waals surface area contributed by atoms with Gasteiger partial charge in [0.05, 0.1) is 7.11 Å². The van der Waals surface area contributed by atoms with E-state index < -0.39 is 0 Å². The molecule has 2 heterocycles. The number of methoxy groups -OCH3 is 1. The zero-order valence-electron chi connectivity index (χ0n) is 17.8. The van der Waals surface area contributed by atoms with E-state index in [1.54, 1.807) is 7.11 Å². The number of hydrogen-bond acceptors (Lipinski definition) is 2. The van der Waals surface area contributed by atoms with Gasteiger partial charge in [-0.25, -0.2) is 0 Å². The number of amides is 1. The molecule has 1 saturated heterocycles. The Bertz CT molecular complexity index is 1180. The van der Waals surface area contributed by atoms with Crippen LogP contribution in [-0.4, -0.2) is 36.0 Å². The van der Waals surface area contributed by atoms with Gasteiger partial charge in [-0.3, -0.25) is 4.79 Å². The Labute approximate surface area is 191 Å². The van der Waals surface area contributed by atoms with Crippen LogP contribution in [0.3, 0.4) is 0 Å². The highest BCUT2D eigenvalue weighted by atomic mass is 79.9. The second-order valence-electron chi connectivity index (χ2n) is 9.55. The monoisotopic (exact) mass is 478 g/mol. The number of nitrogens with zero attached hydrogens (tertiary/aromatic N) is 1. The minimum atomic E-state index is 0.0278. The zero-order valence-corrected chi connectivity index (χ0v) is 19.4. The molecule has 5 heteroatoms. The van der Waals surface area contributed by atoms with Gasteiger partial charge in [-0.05, 0) is 73.4 Å². The van der Waals surface area contributed by atoms with Crippen molar-refractivity contribution in [3.63, 3.8) is 0 Å². The summed E-state index contributed by atoms with van der Waals surface area (Å²) >= 11 is 3.62. The molecule has 160 valence electrons. The highest BCUT2D eigenvalue weighted by Gasteiger charge is 2.50. The van der Waals surface area contributed by atoms with E-state index >= 15 is 0 Å². The lowest BCUT2D eigenvalue weighted by Crippen LogP contribution is -2.55. The Balaban J connectivity index is 1.45. The Morgan fingerprint density at radius 2 is 2.10 bits per heavy atom. The van der Waals surface area contributed by atoms with Crippen molar-refractivity contribution in [3.05, 3.63) is 63.8 Å². The maximum absolute atomic E-state index is 12.9. The number of ether oxygens (including phenoxy) is 1. The molecule has 1 amide bonds. The van der Waals surface area contributed by atoms with E-state index in [0.29, 0.717) is 11.8 Å². The molecule has 3 aromatic rings. The predicted molar refractivity (Wildman–Crippen MR) is 125 cm³/mol. The van der Waals surface area contributed by atoms with E-state index in [-0.39, 0.29) is 11.3 Å². The van der Waals surface area contributed by atoms with Crippen molar-refractivity contribution in [3.8, 4) is 5.75 Å². The van der Waals surface area contributed by atoms with E-state index in [0.717, 1.165) is 55.4 Å². The van der Waals surface area contributed by atoms with Crippen LogP contribution in [0.1, 0.15) is 36.1 Å². The van der Waals surface area contributed by atoms with E-state index in [4.69, 9.17) is 4.74 Å². The Hall–Kier alpha value is -2.27. The van der Waals surface area contributed by atoms with Crippen LogP contribution in [-0.2, 0) is 23.1 Å². The van der Waals surface area contributed by atoms with Gasteiger partial charge in [-0.1, -0.05) is 34.1 Å². The van der Waals surface area contributed by atoms with Crippen LogP contribution in [0.4, 0.5) is 0 Å². The summed E-state index contributed by atoms with van der Waals surface area (Å²) in [4.78, 5) is 18.8. The number of carbonyl (C=O) groups excluding carboxylic acids is 1. The zero-order chi connectivity index (χ0) is 21.2. The van der Waals surface area contributed by atoms with Crippen molar-refractivity contribution in [2.75, 3.05) is 20.2 Å². The maximum Gasteiger partial charge on any atom is 0.225 e. The van der Waals surface area contributed by atoms with Gasteiger partial charge < -0.3 is 14.6 Å². The topological polar surface area (TPSA) is 45.3 Å². The lowest BCUT2D eigenvalue weighted by Gasteiger charge is -2.51. The Kier molecular flexibility index (Phi) is 4.46. The van der Waals surface area contributed by atoms with Crippen LogP contribution in [0.5, 0.6) is 5.75 Å². The molecular formula is C26H27BrN2O2. The van der Waals surface area contributed by atoms with Crippen molar-refractivity contribution in [2.24, 2.45) is 11.8 Å². The van der Waals surface area contributed by atoms with E-state index in [9.17, 15) is 4.79 Å². The molecule has 2 aromatic carbocycles. The lowest BCUT2D eigenvalue weighted by atomic mass is 9.58. The SMILES string of the molecule is COc1cccc([C@]23CCN(C(=O)C4CC4)CC2Cc2c([nH]c4cc(Br)ccc24)C3)c1. The summed E-state index contributed by atoms with van der Waals surface area (Å²) in [5.41, 5.74) is 5.37. The van der Waals surface area contributed by atoms with Crippen LogP contribution in [0.15, 0.2) is 46.9 Å². The maximum atomic E-state index is 12.9. The first-order valence-corrected chi connectivity index (χ1v) is 12.1. The van der Waals surface area contributed by atoms with Gasteiger partial charge in [0.2, 0.25) is 5.91 Å². The number of halogens is 1. The molecule has 6 rings (SSSR count). The van der Waals surface area contributed by atoms with Crippen molar-refractivity contribution >= 4 is 32.7 Å². The summed E-state index contributed by atoms with van der Waals surface area (Å²) in [7, 11) is 1.74. The van der Waals surface area contributed by atoms with Gasteiger partial charge >= 0.3 is 0 Å². The Morgan fingerprint density at radius 3 is 2.90 bits per heavy atom. The smallest absolute Gasteiger partial charge is 0.225 e. The van der Waals surface area contributed by atoms with Gasteiger partial charge in [0, 0.05) is 45.5 Å². The Morgan fingerprint density at radius 1 is 1.23 bits per heavy atom. The van der Waals surface area contributed by atoms with E-state index in [1.165, 1.54) is 27.7 Å². The molecule has 2 atom stereocenters. The number of aromatic amines is 1. The molecule has 2 fully saturated rings. The largest absolute Gasteiger partial charge is 0.497 e. The molecule has 4 nitrogen and oxygen atoms in total. The lowest BCUT2D eigenvalue weighted by molar-refractivity contribution is -0.135. The summed E-state index contributed by atoms with van der Waals surface area (Å²) < 4.78 is 6.67. The number of nitrogens with one attached hydrogen (secondary N) is 1. The summed E-state index contributed by atoms with van der Waals surface area (Å²) in [6.07, 6.45) is 5.13. The molecule has 1 saturated carbocycles. The first kappa shape index (κ1) is 19.4. The number of carbonyl (C=O) groups is 1. The number of rotatable bonds is 3. The van der Waals surface area contributed by atoms with Crippen molar-refractivity contribution < 1.29 is 9.53 Å². The molecule has 0 bridgehead atoms. The van der Waals surface area contributed by atoms with E-state index in [2.05, 4.69) is 62.2 Å². The molecule has 0 spiro atoms. The number of benzene rings is 2. The standard InChI is InChI=1S/C26H27BrN2O2/c1-31-20-4-2-3-17(11-20)26-9-10-29(25(30)16-5-6-16)15-18(26)12-22-21-8-7-19(27)13-23(21)28-24(22)14-26/h2-4,7-8,11,13,16,18,28H,5-6,9-10,12,14-15H2,1H3/t18?,26-/m1/s1. The quantitative estimate of drug-likeness (QED) is 0.559. The number of fused-ring (bicyclic) bond motifs is 4. The fraction of sp³-hybridized carbons (Fsp3) is 0.423. The number of likely N-dealkylation sites (tertiary alicyclic amines) is 1. The molecule has 0 radical (unpaired) electrons. The van der Waals surface area contributed by atoms with Crippen LogP contribution in [0, 0.1) is 11.8 Å². The van der Waals surface area contributed by atoms with Crippen LogP contribution >= 0.6 is 15.9 Å². The third-order valence-electron chi connectivity index (χ3n) is 7.83. The fourth-order valence-corrected chi connectivity index (χ4v) is 6.36. The average Bonchev–Trinajstić information content (AvgIpc) is 3.58. The summed E-state index contributed by atoms with van der Waals surface area (Å²) in [6.45, 7) is 1.71. The van der Waals surface area contributed by atoms with Crippen LogP contribution in [0.2, 0.25) is 0 Å². The van der Waals surface area contributed by atoms with E-state index in [1.807, 2.05) is 6.07 Å². The fourth-order valence-electron chi connectivity index (χ4n) is 6.00. The highest BCUT2D eigenvalue weighted by molar-refractivity contribution is 9.10. The summed E-state index contributed by atoms with van der Waals surface area (Å²) in [5.74, 6) is 1.99. The number of aromatic nitrogens is 1. The number of hydrogen-bond donors (Lipinski definition) is 1. The van der Waals surface area contributed by atoms with Gasteiger partial charge in [0.1, 0.15) is 5.75 Å². The molecule has 1 aliphatic heterocycles. The average molecular weight is 479 g/mol. The van der Waals surface area contributed by atoms with Crippen LogP contribution in [0.25, 0.3) is 10.9 Å². The first-order chi connectivity index (χ1) is 15.1. The van der Waals surface area contributed by atoms with Crippen molar-refractivity contribution in [1.29, 1.82) is 0 Å². The minimum absolute atomic E-state index is 0.0278. The third-order valence-corrected chi connectivity index (χ3v) is 8.33. The van der Waals surface area contributed by atoms with Crippen molar-refractivity contribution in [2.45, 2.75) is 37.5 Å². The molecule has 1 N–H and O–H groups in total. The highest BCUT2D eigenvalue weighted by Crippen LogP contribution is 2.50. The molecule has 1 aromatic heterocycles. The molecular weight excluding hydrogens is 452 g/mol. The second kappa shape index (κ2) is 7.13. The molecule has 3 aliphatic rings. The van der Waals surface area contributed by atoms with Crippen LogP contribution < -0.4 is 4.74 Å². The second-order valence-corrected chi connectivity index (χ2v) is 10.5. The van der Waals surface area contributed by atoms with Gasteiger partial charge in [-0.2, -0.15) is 0 Å². The molecule has 31 heavy (non-hydrogen) atoms. The number of H-pyrrole nitrogens is 1. The van der Waals surface area contributed by atoms with Crippen molar-refractivity contribution in [1.82, 2.24) is 9.88 Å². The van der Waals surface area contributed by atoms with Gasteiger partial charge in [-0.15, -0.1) is 0 Å². The molecule has 1 unspecified atom stereocenters.